The number of amides is 1. The average Bonchev–Trinajstić information content (AvgIpc) is 2.74. The van der Waals surface area contributed by atoms with Crippen molar-refractivity contribution in [3.63, 3.8) is 0 Å². The lowest BCUT2D eigenvalue weighted by molar-refractivity contribution is 0.0746. The number of carbonyl (C=O) groups excluding carboxylic acids is 1. The number of anilines is 2. The molecule has 1 fully saturated rings. The fourth-order valence-corrected chi connectivity index (χ4v) is 3.16. The Labute approximate surface area is 169 Å². The molecule has 1 amide bonds. The predicted molar refractivity (Wildman–Crippen MR) is 114 cm³/mol. The number of hydrazone groups is 1. The maximum atomic E-state index is 12.7. The summed E-state index contributed by atoms with van der Waals surface area (Å²) < 4.78 is 0. The van der Waals surface area contributed by atoms with E-state index in [1.807, 2.05) is 60.4 Å². The van der Waals surface area contributed by atoms with Crippen molar-refractivity contribution in [2.45, 2.75) is 6.92 Å². The zero-order chi connectivity index (χ0) is 20.8. The van der Waals surface area contributed by atoms with Crippen LogP contribution in [0, 0.1) is 23.7 Å². The number of carbonyl (C=O) groups is 1. The Balaban J connectivity index is 1.59. The van der Waals surface area contributed by atoms with Crippen molar-refractivity contribution in [2.24, 2.45) is 10.8 Å². The Morgan fingerprint density at radius 3 is 2.38 bits per heavy atom. The number of hydrogen-bond donors (Lipinski definition) is 3. The summed E-state index contributed by atoms with van der Waals surface area (Å²) in [5, 5.41) is 19.9. The van der Waals surface area contributed by atoms with Gasteiger partial charge in [0, 0.05) is 37.4 Å². The number of nitrogens with one attached hydrogen (secondary N) is 2. The van der Waals surface area contributed by atoms with Gasteiger partial charge in [0.25, 0.3) is 5.91 Å². The molecule has 4 N–H and O–H groups in total. The van der Waals surface area contributed by atoms with E-state index in [1.165, 1.54) is 0 Å². The molecule has 1 heterocycles. The summed E-state index contributed by atoms with van der Waals surface area (Å²) in [5.41, 5.74) is 11.3. The van der Waals surface area contributed by atoms with Crippen molar-refractivity contribution in [1.29, 1.82) is 10.7 Å². The number of amidine groups is 1. The second-order valence-corrected chi connectivity index (χ2v) is 6.74. The molecule has 0 bridgehead atoms. The molecule has 2 aromatic rings. The van der Waals surface area contributed by atoms with Crippen LogP contribution in [0.1, 0.15) is 15.9 Å². The van der Waals surface area contributed by atoms with E-state index >= 15 is 0 Å². The summed E-state index contributed by atoms with van der Waals surface area (Å²) >= 11 is 0. The van der Waals surface area contributed by atoms with Crippen molar-refractivity contribution in [3.8, 4) is 6.07 Å². The van der Waals surface area contributed by atoms with Crippen molar-refractivity contribution in [2.75, 3.05) is 36.5 Å². The Morgan fingerprint density at radius 1 is 1.14 bits per heavy atom. The molecule has 3 rings (SSSR count). The highest BCUT2D eigenvalue weighted by molar-refractivity contribution is 6.45. The lowest BCUT2D eigenvalue weighted by Crippen LogP contribution is -2.48. The number of aryl methyl sites for hydroxylation is 1. The number of piperazine rings is 1. The second kappa shape index (κ2) is 8.89. The van der Waals surface area contributed by atoms with Gasteiger partial charge in [0.15, 0.2) is 5.84 Å². The molecule has 1 saturated heterocycles. The molecule has 0 aliphatic carbocycles. The predicted octanol–water partition coefficient (Wildman–Crippen LogP) is 2.18. The van der Waals surface area contributed by atoms with Gasteiger partial charge in [-0.2, -0.15) is 10.4 Å². The lowest BCUT2D eigenvalue weighted by Gasteiger charge is -2.36. The summed E-state index contributed by atoms with van der Waals surface area (Å²) in [4.78, 5) is 16.9. The van der Waals surface area contributed by atoms with E-state index in [4.69, 9.17) is 16.4 Å². The molecule has 0 atom stereocenters. The molecular weight excluding hydrogens is 366 g/mol. The van der Waals surface area contributed by atoms with Crippen LogP contribution in [0.5, 0.6) is 0 Å². The first-order chi connectivity index (χ1) is 14.0. The van der Waals surface area contributed by atoms with Gasteiger partial charge in [-0.15, -0.1) is 0 Å². The van der Waals surface area contributed by atoms with Crippen molar-refractivity contribution in [3.05, 3.63) is 59.7 Å². The molecule has 1 aliphatic rings. The highest BCUT2D eigenvalue weighted by Crippen LogP contribution is 2.20. The molecule has 29 heavy (non-hydrogen) atoms. The van der Waals surface area contributed by atoms with E-state index in [0.29, 0.717) is 18.8 Å². The van der Waals surface area contributed by atoms with Crippen LogP contribution in [0.4, 0.5) is 11.4 Å². The fourth-order valence-electron chi connectivity index (χ4n) is 3.16. The normalized spacial score (nSPS) is 14.3. The highest BCUT2D eigenvalue weighted by Gasteiger charge is 2.23. The van der Waals surface area contributed by atoms with Crippen LogP contribution in [0.2, 0.25) is 0 Å². The topological polar surface area (TPSA) is 122 Å². The van der Waals surface area contributed by atoms with Crippen molar-refractivity contribution >= 4 is 28.8 Å². The Bertz CT molecular complexity index is 967. The van der Waals surface area contributed by atoms with Crippen LogP contribution < -0.4 is 16.1 Å². The van der Waals surface area contributed by atoms with Gasteiger partial charge in [0.05, 0.1) is 5.69 Å². The molecule has 148 valence electrons. The van der Waals surface area contributed by atoms with E-state index in [-0.39, 0.29) is 17.5 Å². The summed E-state index contributed by atoms with van der Waals surface area (Å²) in [6.07, 6.45) is 0. The Kier molecular flexibility index (Phi) is 6.09. The van der Waals surface area contributed by atoms with Crippen molar-refractivity contribution < 1.29 is 4.79 Å². The zero-order valence-corrected chi connectivity index (χ0v) is 16.2. The highest BCUT2D eigenvalue weighted by atomic mass is 16.2. The molecule has 0 aromatic heterocycles. The third-order valence-corrected chi connectivity index (χ3v) is 4.83. The molecule has 0 radical (unpaired) electrons. The van der Waals surface area contributed by atoms with Crippen molar-refractivity contribution in [1.82, 2.24) is 4.90 Å². The maximum Gasteiger partial charge on any atom is 0.254 e. The number of nitriles is 1. The first-order valence-electron chi connectivity index (χ1n) is 9.27. The van der Waals surface area contributed by atoms with E-state index in [9.17, 15) is 4.79 Å². The monoisotopic (exact) mass is 389 g/mol. The minimum atomic E-state index is -0.380. The molecule has 0 spiro atoms. The summed E-state index contributed by atoms with van der Waals surface area (Å²) in [7, 11) is 0. The summed E-state index contributed by atoms with van der Waals surface area (Å²) in [6.45, 7) is 4.80. The van der Waals surface area contributed by atoms with Gasteiger partial charge in [-0.1, -0.05) is 18.2 Å². The zero-order valence-electron chi connectivity index (χ0n) is 16.2. The largest absolute Gasteiger partial charge is 0.382 e. The summed E-state index contributed by atoms with van der Waals surface area (Å²) in [5.74, 6) is -0.298. The third kappa shape index (κ3) is 4.71. The van der Waals surface area contributed by atoms with E-state index in [2.05, 4.69) is 15.4 Å². The standard InChI is InChI=1S/C21H23N7O/c1-15-4-2-3-5-18(15)21(29)28-12-10-27(11-13-28)17-8-6-16(7-9-17)25-26-19(14-22)20(23)24/h2-9,25H,10-13H2,1H3,(H3,23,24)/b26-19+. The number of hydrogen-bond acceptors (Lipinski definition) is 6. The Hall–Kier alpha value is -3.86. The number of rotatable bonds is 5. The second-order valence-electron chi connectivity index (χ2n) is 6.74. The van der Waals surface area contributed by atoms with Gasteiger partial charge >= 0.3 is 0 Å². The Morgan fingerprint density at radius 2 is 1.79 bits per heavy atom. The van der Waals surface area contributed by atoms with Gasteiger partial charge in [0.2, 0.25) is 5.71 Å². The number of nitrogens with zero attached hydrogens (tertiary/aromatic N) is 4. The van der Waals surface area contributed by atoms with Crippen LogP contribution >= 0.6 is 0 Å². The van der Waals surface area contributed by atoms with Gasteiger partial charge in [0.1, 0.15) is 6.07 Å². The maximum absolute atomic E-state index is 12.7. The fraction of sp³-hybridized carbons (Fsp3) is 0.238. The molecule has 1 aliphatic heterocycles. The van der Waals surface area contributed by atoms with Gasteiger partial charge < -0.3 is 15.5 Å². The van der Waals surface area contributed by atoms with Crippen LogP contribution in [-0.2, 0) is 0 Å². The SMILES string of the molecule is Cc1ccccc1C(=O)N1CCN(c2ccc(N/N=C(\C#N)C(=N)N)cc2)CC1. The average molecular weight is 389 g/mol. The lowest BCUT2D eigenvalue weighted by atomic mass is 10.1. The minimum Gasteiger partial charge on any atom is -0.382 e. The molecule has 8 nitrogen and oxygen atoms in total. The molecule has 0 saturated carbocycles. The van der Waals surface area contributed by atoms with E-state index < -0.39 is 0 Å². The molecular formula is C21H23N7O. The third-order valence-electron chi connectivity index (χ3n) is 4.83. The smallest absolute Gasteiger partial charge is 0.254 e. The molecule has 8 heteroatoms. The van der Waals surface area contributed by atoms with Gasteiger partial charge in [-0.3, -0.25) is 15.6 Å². The van der Waals surface area contributed by atoms with Crippen LogP contribution in [-0.4, -0.2) is 48.5 Å². The minimum absolute atomic E-state index is 0.0823. The van der Waals surface area contributed by atoms with E-state index in [0.717, 1.165) is 29.9 Å². The first-order valence-corrected chi connectivity index (χ1v) is 9.27. The van der Waals surface area contributed by atoms with Gasteiger partial charge in [-0.05, 0) is 42.8 Å². The summed E-state index contributed by atoms with van der Waals surface area (Å²) in [6, 6.07) is 17.0. The first kappa shape index (κ1) is 19.9. The van der Waals surface area contributed by atoms with Crippen LogP contribution in [0.15, 0.2) is 53.6 Å². The van der Waals surface area contributed by atoms with Gasteiger partial charge in [-0.25, -0.2) is 0 Å². The molecule has 0 unspecified atom stereocenters. The van der Waals surface area contributed by atoms with Crippen LogP contribution in [0.25, 0.3) is 0 Å². The number of benzene rings is 2. The number of nitrogens with two attached hydrogens (primary N) is 1. The van der Waals surface area contributed by atoms with E-state index in [1.54, 1.807) is 6.07 Å². The molecule has 2 aromatic carbocycles. The van der Waals surface area contributed by atoms with Crippen LogP contribution in [0.3, 0.4) is 0 Å². The quantitative estimate of drug-likeness (QED) is 0.411.